The summed E-state index contributed by atoms with van der Waals surface area (Å²) in [5, 5.41) is 6.86. The van der Waals surface area contributed by atoms with Crippen LogP contribution in [0.15, 0.2) is 39.1 Å². The summed E-state index contributed by atoms with van der Waals surface area (Å²) >= 11 is 1.25. The summed E-state index contributed by atoms with van der Waals surface area (Å²) in [6, 6.07) is 6.18. The summed E-state index contributed by atoms with van der Waals surface area (Å²) in [5.74, 6) is -0.198. The van der Waals surface area contributed by atoms with Crippen molar-refractivity contribution in [1.29, 1.82) is 0 Å². The first kappa shape index (κ1) is 17.7. The zero-order valence-electron chi connectivity index (χ0n) is 13.6. The molecule has 1 amide bonds. The Morgan fingerprint density at radius 2 is 1.96 bits per heavy atom. The number of thioether (sulfide) groups is 1. The molecule has 1 N–H and O–H groups in total. The predicted molar refractivity (Wildman–Crippen MR) is 93.1 cm³/mol. The number of aromatic amines is 1. The van der Waals surface area contributed by atoms with Crippen molar-refractivity contribution in [3.63, 3.8) is 0 Å². The number of nitrogens with zero attached hydrogens (tertiary/aromatic N) is 3. The second-order valence-corrected chi connectivity index (χ2v) is 8.44. The monoisotopic (exact) mass is 382 g/mol. The highest BCUT2D eigenvalue weighted by Gasteiger charge is 2.40. The first-order valence-electron chi connectivity index (χ1n) is 7.91. The molecule has 0 saturated carbocycles. The largest absolute Gasteiger partial charge is 0.343 e. The molecular formula is C15H18N4O4S2. The number of carbonyl (C=O) groups is 1. The lowest BCUT2D eigenvalue weighted by Gasteiger charge is -2.14. The fourth-order valence-electron chi connectivity index (χ4n) is 2.60. The topological polar surface area (TPSA) is 105 Å². The number of unbranched alkanes of at least 4 members (excludes halogenated alkanes) is 1. The molecule has 25 heavy (non-hydrogen) atoms. The maximum absolute atomic E-state index is 12.5. The van der Waals surface area contributed by atoms with Crippen LogP contribution in [0.25, 0.3) is 0 Å². The van der Waals surface area contributed by atoms with E-state index in [1.165, 1.54) is 28.5 Å². The van der Waals surface area contributed by atoms with Crippen LogP contribution >= 0.6 is 11.8 Å². The number of hydrogen-bond acceptors (Lipinski definition) is 6. The van der Waals surface area contributed by atoms with Gasteiger partial charge in [0.25, 0.3) is 15.9 Å². The van der Waals surface area contributed by atoms with Crippen molar-refractivity contribution < 1.29 is 13.2 Å². The molecule has 1 aliphatic rings. The Hall–Kier alpha value is -2.07. The van der Waals surface area contributed by atoms with E-state index in [2.05, 4.69) is 10.2 Å². The number of nitrogens with one attached hydrogen (secondary N) is 1. The SMILES string of the molecule is CCCCn1c(SCCN2C(=O)c3ccccc3S2(=O)=O)n[nH]c1=O. The average molecular weight is 382 g/mol. The highest BCUT2D eigenvalue weighted by Crippen LogP contribution is 2.30. The molecule has 0 fully saturated rings. The van der Waals surface area contributed by atoms with Gasteiger partial charge in [-0.05, 0) is 18.6 Å². The van der Waals surface area contributed by atoms with Gasteiger partial charge in [-0.1, -0.05) is 37.2 Å². The van der Waals surface area contributed by atoms with Crippen molar-refractivity contribution in [2.75, 3.05) is 12.3 Å². The van der Waals surface area contributed by atoms with Gasteiger partial charge in [0.2, 0.25) is 0 Å². The molecule has 1 aromatic carbocycles. The van der Waals surface area contributed by atoms with Crippen LogP contribution in [0.5, 0.6) is 0 Å². The van der Waals surface area contributed by atoms with Gasteiger partial charge in [0.05, 0.1) is 5.56 Å². The van der Waals surface area contributed by atoms with Crippen molar-refractivity contribution in [3.8, 4) is 0 Å². The Morgan fingerprint density at radius 1 is 1.20 bits per heavy atom. The van der Waals surface area contributed by atoms with E-state index in [-0.39, 0.29) is 22.7 Å². The molecule has 8 nitrogen and oxygen atoms in total. The van der Waals surface area contributed by atoms with E-state index >= 15 is 0 Å². The third-order valence-electron chi connectivity index (χ3n) is 3.90. The Balaban J connectivity index is 1.70. The summed E-state index contributed by atoms with van der Waals surface area (Å²) in [5.41, 5.74) is -0.0830. The van der Waals surface area contributed by atoms with E-state index in [0.717, 1.165) is 17.1 Å². The highest BCUT2D eigenvalue weighted by molar-refractivity contribution is 7.99. The molecule has 3 rings (SSSR count). The number of aromatic nitrogens is 3. The van der Waals surface area contributed by atoms with E-state index < -0.39 is 15.9 Å². The van der Waals surface area contributed by atoms with E-state index in [9.17, 15) is 18.0 Å². The van der Waals surface area contributed by atoms with Crippen molar-refractivity contribution in [3.05, 3.63) is 40.3 Å². The molecule has 2 aromatic rings. The number of amides is 1. The van der Waals surface area contributed by atoms with Gasteiger partial charge in [-0.3, -0.25) is 9.36 Å². The van der Waals surface area contributed by atoms with Crippen molar-refractivity contribution in [2.45, 2.75) is 36.4 Å². The number of hydrogen-bond donors (Lipinski definition) is 1. The van der Waals surface area contributed by atoms with Crippen LogP contribution in [-0.2, 0) is 16.6 Å². The number of fused-ring (bicyclic) bond motifs is 1. The minimum atomic E-state index is -3.80. The highest BCUT2D eigenvalue weighted by atomic mass is 32.2. The fraction of sp³-hybridized carbons (Fsp3) is 0.400. The quantitative estimate of drug-likeness (QED) is 0.724. The summed E-state index contributed by atoms with van der Waals surface area (Å²) < 4.78 is 27.3. The normalized spacial score (nSPS) is 15.6. The second-order valence-electron chi connectivity index (χ2n) is 5.54. The molecule has 0 atom stereocenters. The third-order valence-corrected chi connectivity index (χ3v) is 6.69. The van der Waals surface area contributed by atoms with Crippen LogP contribution in [0.2, 0.25) is 0 Å². The van der Waals surface area contributed by atoms with Crippen LogP contribution in [0.1, 0.15) is 30.1 Å². The molecular weight excluding hydrogens is 364 g/mol. The van der Waals surface area contributed by atoms with Crippen molar-refractivity contribution in [2.24, 2.45) is 0 Å². The number of H-pyrrole nitrogens is 1. The Labute approximate surface area is 149 Å². The van der Waals surface area contributed by atoms with Gasteiger partial charge in [-0.25, -0.2) is 22.6 Å². The molecule has 1 aromatic heterocycles. The van der Waals surface area contributed by atoms with Gasteiger partial charge in [0, 0.05) is 18.8 Å². The van der Waals surface area contributed by atoms with Crippen LogP contribution in [0, 0.1) is 0 Å². The van der Waals surface area contributed by atoms with Gasteiger partial charge in [0.15, 0.2) is 5.16 Å². The fourth-order valence-corrected chi connectivity index (χ4v) is 5.18. The zero-order chi connectivity index (χ0) is 18.0. The maximum Gasteiger partial charge on any atom is 0.343 e. The molecule has 0 bridgehead atoms. The Kier molecular flexibility index (Phi) is 5.00. The molecule has 10 heteroatoms. The summed E-state index contributed by atoms with van der Waals surface area (Å²) in [4.78, 5) is 24.1. The van der Waals surface area contributed by atoms with Crippen LogP contribution in [0.3, 0.4) is 0 Å². The van der Waals surface area contributed by atoms with Gasteiger partial charge >= 0.3 is 5.69 Å². The Bertz CT molecular complexity index is 948. The van der Waals surface area contributed by atoms with Gasteiger partial charge < -0.3 is 0 Å². The van der Waals surface area contributed by atoms with Crippen molar-refractivity contribution >= 4 is 27.7 Å². The molecule has 0 saturated heterocycles. The molecule has 2 heterocycles. The molecule has 0 aliphatic carbocycles. The smallest absolute Gasteiger partial charge is 0.270 e. The van der Waals surface area contributed by atoms with E-state index in [1.54, 1.807) is 12.1 Å². The van der Waals surface area contributed by atoms with E-state index in [1.807, 2.05) is 6.92 Å². The molecule has 0 radical (unpaired) electrons. The first-order chi connectivity index (χ1) is 12.0. The standard InChI is InChI=1S/C15H18N4O4S2/c1-2-3-8-18-14(21)16-17-15(18)24-10-9-19-13(20)11-6-4-5-7-12(11)25(19,22)23/h4-7H,2-3,8-10H2,1H3,(H,16,21). The van der Waals surface area contributed by atoms with Crippen molar-refractivity contribution in [1.82, 2.24) is 19.1 Å². The predicted octanol–water partition coefficient (Wildman–Crippen LogP) is 1.31. The van der Waals surface area contributed by atoms with E-state index in [4.69, 9.17) is 0 Å². The lowest BCUT2D eigenvalue weighted by atomic mass is 10.2. The summed E-state index contributed by atoms with van der Waals surface area (Å²) in [6.07, 6.45) is 1.79. The number of carbonyl (C=O) groups excluding carboxylic acids is 1. The number of sulfonamides is 1. The zero-order valence-corrected chi connectivity index (χ0v) is 15.3. The summed E-state index contributed by atoms with van der Waals surface area (Å²) in [6.45, 7) is 2.61. The molecule has 0 unspecified atom stereocenters. The third kappa shape index (κ3) is 3.23. The van der Waals surface area contributed by atoms with Gasteiger partial charge in [-0.2, -0.15) is 0 Å². The van der Waals surface area contributed by atoms with Gasteiger partial charge in [-0.15, -0.1) is 5.10 Å². The number of rotatable bonds is 7. The van der Waals surface area contributed by atoms with Crippen LogP contribution in [-0.4, -0.2) is 45.7 Å². The Morgan fingerprint density at radius 3 is 2.68 bits per heavy atom. The molecule has 0 spiro atoms. The molecule has 134 valence electrons. The second kappa shape index (κ2) is 7.04. The molecule has 1 aliphatic heterocycles. The lowest BCUT2D eigenvalue weighted by molar-refractivity contribution is 0.0876. The van der Waals surface area contributed by atoms with Gasteiger partial charge in [0.1, 0.15) is 4.90 Å². The average Bonchev–Trinajstić information content (AvgIpc) is 3.04. The van der Waals surface area contributed by atoms with Crippen LogP contribution < -0.4 is 5.69 Å². The minimum Gasteiger partial charge on any atom is -0.270 e. The number of benzene rings is 1. The minimum absolute atomic E-state index is 0.0232. The summed E-state index contributed by atoms with van der Waals surface area (Å²) in [7, 11) is -3.80. The van der Waals surface area contributed by atoms with Crippen LogP contribution in [0.4, 0.5) is 0 Å². The maximum atomic E-state index is 12.5. The lowest BCUT2D eigenvalue weighted by Crippen LogP contribution is -2.32. The van der Waals surface area contributed by atoms with E-state index in [0.29, 0.717) is 17.5 Å². The first-order valence-corrected chi connectivity index (χ1v) is 10.3.